The van der Waals surface area contributed by atoms with E-state index in [0.29, 0.717) is 0 Å². The van der Waals surface area contributed by atoms with Crippen LogP contribution in [-0.4, -0.2) is 0 Å². The summed E-state index contributed by atoms with van der Waals surface area (Å²) in [7, 11) is 0. The summed E-state index contributed by atoms with van der Waals surface area (Å²) in [5.74, 6) is 1.76. The normalized spacial score (nSPS) is 9.95. The Morgan fingerprint density at radius 2 is 0.684 bits per heavy atom. The number of hydrogen-bond donors (Lipinski definition) is 0. The lowest BCUT2D eigenvalue weighted by Gasteiger charge is -2.05. The van der Waals surface area contributed by atoms with Gasteiger partial charge in [-0.1, -0.05) is 118 Å². The van der Waals surface area contributed by atoms with E-state index in [1.54, 1.807) is 11.8 Å². The van der Waals surface area contributed by atoms with E-state index in [-0.39, 0.29) is 0 Å². The van der Waals surface area contributed by atoms with Gasteiger partial charge in [-0.15, -0.1) is 0 Å². The molecule has 0 radical (unpaired) electrons. The van der Waals surface area contributed by atoms with Crippen LogP contribution in [0.15, 0.2) is 131 Å². The molecular formula is C36H38OS. The fourth-order valence-electron chi connectivity index (χ4n) is 3.50. The largest absolute Gasteiger partial charge is 0.457 e. The number of hydrogen-bond acceptors (Lipinski definition) is 2. The van der Waals surface area contributed by atoms with Crippen molar-refractivity contribution in [1.29, 1.82) is 0 Å². The average molecular weight is 519 g/mol. The zero-order valence-electron chi connectivity index (χ0n) is 23.4. The topological polar surface area (TPSA) is 9.23 Å². The van der Waals surface area contributed by atoms with Crippen molar-refractivity contribution < 1.29 is 4.74 Å². The summed E-state index contributed by atoms with van der Waals surface area (Å²) in [6.45, 7) is 12.6. The highest BCUT2D eigenvalue weighted by Gasteiger charge is 1.97. The maximum atomic E-state index is 5.69. The molecule has 0 fully saturated rings. The summed E-state index contributed by atoms with van der Waals surface area (Å²) < 4.78 is 5.69. The molecule has 5 aromatic carbocycles. The molecule has 0 aliphatic heterocycles. The van der Waals surface area contributed by atoms with E-state index < -0.39 is 0 Å². The molecule has 5 rings (SSSR count). The van der Waals surface area contributed by atoms with Crippen LogP contribution in [-0.2, 0) is 0 Å². The molecule has 0 atom stereocenters. The Kier molecular flexibility index (Phi) is 11.3. The summed E-state index contributed by atoms with van der Waals surface area (Å²) in [4.78, 5) is 2.59. The van der Waals surface area contributed by atoms with Crippen molar-refractivity contribution in [1.82, 2.24) is 0 Å². The third kappa shape index (κ3) is 10.7. The monoisotopic (exact) mass is 518 g/mol. The van der Waals surface area contributed by atoms with Gasteiger partial charge < -0.3 is 4.74 Å². The number of ether oxygens (including phenoxy) is 1. The lowest BCUT2D eigenvalue weighted by molar-refractivity contribution is 0.482. The quantitative estimate of drug-likeness (QED) is 0.234. The molecule has 0 amide bonds. The van der Waals surface area contributed by atoms with Gasteiger partial charge in [0.1, 0.15) is 11.5 Å². The molecule has 5 aromatic rings. The van der Waals surface area contributed by atoms with Gasteiger partial charge in [0.2, 0.25) is 0 Å². The number of benzene rings is 5. The second-order valence-corrected chi connectivity index (χ2v) is 10.8. The molecule has 194 valence electrons. The van der Waals surface area contributed by atoms with Crippen LogP contribution in [0, 0.1) is 41.5 Å². The average Bonchev–Trinajstić information content (AvgIpc) is 2.90. The molecule has 0 saturated heterocycles. The standard InChI is InChI=1S/C14H14O.C14H14S.C8H10/c2*1-11-3-7-13(8-4-11)15-14-9-5-12(2)6-10-14;1-7-4-3-5-8(2)6-7/h2*3-10H,1-2H3;3-6H,1-2H3. The molecule has 2 heteroatoms. The van der Waals surface area contributed by atoms with Gasteiger partial charge in [0.15, 0.2) is 0 Å². The van der Waals surface area contributed by atoms with Gasteiger partial charge in [0, 0.05) is 9.79 Å². The molecule has 0 heterocycles. The Balaban J connectivity index is 0.000000166. The third-order valence-corrected chi connectivity index (χ3v) is 6.74. The van der Waals surface area contributed by atoms with Crippen molar-refractivity contribution in [3.05, 3.63) is 155 Å². The van der Waals surface area contributed by atoms with E-state index in [9.17, 15) is 0 Å². The Morgan fingerprint density at radius 1 is 0.368 bits per heavy atom. The smallest absolute Gasteiger partial charge is 0.127 e. The Labute approximate surface area is 233 Å². The first-order chi connectivity index (χ1) is 18.3. The molecule has 0 unspecified atom stereocenters. The Morgan fingerprint density at radius 3 is 0.974 bits per heavy atom. The van der Waals surface area contributed by atoms with Crippen molar-refractivity contribution in [2.45, 2.75) is 51.3 Å². The molecule has 38 heavy (non-hydrogen) atoms. The minimum atomic E-state index is 0.879. The van der Waals surface area contributed by atoms with Gasteiger partial charge in [0.05, 0.1) is 0 Å². The Bertz CT molecular complexity index is 1170. The van der Waals surface area contributed by atoms with Gasteiger partial charge in [-0.05, 0) is 90.1 Å². The first-order valence-electron chi connectivity index (χ1n) is 12.9. The molecule has 0 N–H and O–H groups in total. The van der Waals surface area contributed by atoms with E-state index in [0.717, 1.165) is 11.5 Å². The minimum Gasteiger partial charge on any atom is -0.457 e. The maximum Gasteiger partial charge on any atom is 0.127 e. The van der Waals surface area contributed by atoms with E-state index in [1.165, 1.54) is 43.2 Å². The molecule has 0 bridgehead atoms. The lowest BCUT2D eigenvalue weighted by atomic mass is 10.2. The van der Waals surface area contributed by atoms with Crippen LogP contribution < -0.4 is 4.74 Å². The van der Waals surface area contributed by atoms with Crippen molar-refractivity contribution in [3.8, 4) is 11.5 Å². The number of aryl methyl sites for hydroxylation is 6. The molecule has 0 aromatic heterocycles. The van der Waals surface area contributed by atoms with Crippen LogP contribution in [0.3, 0.4) is 0 Å². The second kappa shape index (κ2) is 14.9. The van der Waals surface area contributed by atoms with E-state index in [4.69, 9.17) is 4.74 Å². The molecule has 0 saturated carbocycles. The van der Waals surface area contributed by atoms with Crippen molar-refractivity contribution in [3.63, 3.8) is 0 Å². The van der Waals surface area contributed by atoms with Crippen molar-refractivity contribution in [2.75, 3.05) is 0 Å². The molecule has 0 spiro atoms. The summed E-state index contributed by atoms with van der Waals surface area (Å²) in [6, 6.07) is 41.8. The zero-order valence-corrected chi connectivity index (χ0v) is 24.2. The summed E-state index contributed by atoms with van der Waals surface area (Å²) >= 11 is 1.80. The highest BCUT2D eigenvalue weighted by molar-refractivity contribution is 7.99. The van der Waals surface area contributed by atoms with Crippen molar-refractivity contribution >= 4 is 11.8 Å². The van der Waals surface area contributed by atoms with Gasteiger partial charge in [-0.25, -0.2) is 0 Å². The first-order valence-corrected chi connectivity index (χ1v) is 13.7. The number of rotatable bonds is 4. The molecule has 0 aliphatic carbocycles. The SMILES string of the molecule is Cc1ccc(Oc2ccc(C)cc2)cc1.Cc1ccc(Sc2ccc(C)cc2)cc1.Cc1cccc(C)c1. The maximum absolute atomic E-state index is 5.69. The van der Waals surface area contributed by atoms with E-state index in [1.807, 2.05) is 48.5 Å². The van der Waals surface area contributed by atoms with Crippen LogP contribution in [0.1, 0.15) is 33.4 Å². The lowest BCUT2D eigenvalue weighted by Crippen LogP contribution is -1.84. The van der Waals surface area contributed by atoms with Gasteiger partial charge in [-0.2, -0.15) is 0 Å². The van der Waals surface area contributed by atoms with Crippen LogP contribution in [0.5, 0.6) is 11.5 Å². The predicted octanol–water partition coefficient (Wildman–Crippen LogP) is 10.9. The minimum absolute atomic E-state index is 0.879. The van der Waals surface area contributed by atoms with E-state index in [2.05, 4.69) is 114 Å². The highest BCUT2D eigenvalue weighted by Crippen LogP contribution is 2.27. The van der Waals surface area contributed by atoms with Crippen LogP contribution in [0.4, 0.5) is 0 Å². The Hall–Kier alpha value is -3.75. The second-order valence-electron chi connectivity index (χ2n) is 9.61. The first kappa shape index (κ1) is 28.8. The van der Waals surface area contributed by atoms with Crippen LogP contribution in [0.2, 0.25) is 0 Å². The van der Waals surface area contributed by atoms with E-state index >= 15 is 0 Å². The summed E-state index contributed by atoms with van der Waals surface area (Å²) in [5.41, 5.74) is 7.78. The van der Waals surface area contributed by atoms with Gasteiger partial charge in [-0.3, -0.25) is 0 Å². The molecule has 0 aliphatic rings. The molecule has 1 nitrogen and oxygen atoms in total. The van der Waals surface area contributed by atoms with Crippen molar-refractivity contribution in [2.24, 2.45) is 0 Å². The van der Waals surface area contributed by atoms with Gasteiger partial charge in [0.25, 0.3) is 0 Å². The predicted molar refractivity (Wildman–Crippen MR) is 165 cm³/mol. The zero-order chi connectivity index (χ0) is 27.3. The summed E-state index contributed by atoms with van der Waals surface area (Å²) in [6.07, 6.45) is 0. The van der Waals surface area contributed by atoms with Gasteiger partial charge >= 0.3 is 0 Å². The van der Waals surface area contributed by atoms with Crippen LogP contribution >= 0.6 is 11.8 Å². The highest BCUT2D eigenvalue weighted by atomic mass is 32.2. The molecular weight excluding hydrogens is 480 g/mol. The third-order valence-electron chi connectivity index (χ3n) is 5.73. The fraction of sp³-hybridized carbons (Fsp3) is 0.167. The van der Waals surface area contributed by atoms with Crippen LogP contribution in [0.25, 0.3) is 0 Å². The summed E-state index contributed by atoms with van der Waals surface area (Å²) in [5, 5.41) is 0. The fourth-order valence-corrected chi connectivity index (χ4v) is 4.32.